The number of fused-ring (bicyclic) bond motifs is 3. The minimum atomic E-state index is -0.583. The van der Waals surface area contributed by atoms with Gasteiger partial charge in [-0.1, -0.05) is 30.7 Å². The highest BCUT2D eigenvalue weighted by Crippen LogP contribution is 2.47. The molecule has 0 saturated carbocycles. The Morgan fingerprint density at radius 3 is 2.45 bits per heavy atom. The lowest BCUT2D eigenvalue weighted by atomic mass is 9.73. The van der Waals surface area contributed by atoms with Crippen molar-refractivity contribution < 1.29 is 19.1 Å². The van der Waals surface area contributed by atoms with Crippen LogP contribution in [0.1, 0.15) is 46.5 Å². The van der Waals surface area contributed by atoms with Gasteiger partial charge in [0.05, 0.1) is 17.5 Å². The van der Waals surface area contributed by atoms with E-state index in [4.69, 9.17) is 4.74 Å². The number of carbonyl (C=O) groups excluding carboxylic acids is 3. The average Bonchev–Trinajstić information content (AvgIpc) is 2.82. The number of amides is 3. The molecule has 6 heteroatoms. The fourth-order valence-electron chi connectivity index (χ4n) is 4.78. The van der Waals surface area contributed by atoms with Crippen LogP contribution in [-0.4, -0.2) is 35.0 Å². The molecule has 0 unspecified atom stereocenters. The molecule has 1 aromatic carbocycles. The number of imide groups is 1. The number of likely N-dealkylation sites (tertiary alicyclic amines) is 1. The van der Waals surface area contributed by atoms with E-state index in [1.165, 1.54) is 4.90 Å². The summed E-state index contributed by atoms with van der Waals surface area (Å²) in [7, 11) is 0. The summed E-state index contributed by atoms with van der Waals surface area (Å²) >= 11 is 0. The number of carbonyl (C=O) groups is 3. The Balaban J connectivity index is 1.65. The number of rotatable bonds is 1. The Labute approximate surface area is 171 Å². The van der Waals surface area contributed by atoms with Gasteiger partial charge in [0, 0.05) is 18.2 Å². The lowest BCUT2D eigenvalue weighted by molar-refractivity contribution is -0.123. The summed E-state index contributed by atoms with van der Waals surface area (Å²) in [5, 5.41) is 0. The smallest absolute Gasteiger partial charge is 0.414 e. The van der Waals surface area contributed by atoms with E-state index in [2.05, 4.69) is 0 Å². The van der Waals surface area contributed by atoms with Crippen LogP contribution in [0.5, 0.6) is 0 Å². The second-order valence-corrected chi connectivity index (χ2v) is 9.08. The first-order valence-electron chi connectivity index (χ1n) is 10.4. The van der Waals surface area contributed by atoms with Gasteiger partial charge >= 0.3 is 6.09 Å². The summed E-state index contributed by atoms with van der Waals surface area (Å²) < 4.78 is 5.62. The zero-order valence-corrected chi connectivity index (χ0v) is 17.3. The molecule has 154 valence electrons. The highest BCUT2D eigenvalue weighted by Gasteiger charge is 2.54. The molecule has 1 aromatic rings. The quantitative estimate of drug-likeness (QED) is 0.670. The summed E-state index contributed by atoms with van der Waals surface area (Å²) in [6.07, 6.45) is 4.66. The van der Waals surface area contributed by atoms with E-state index in [1.54, 1.807) is 17.0 Å². The summed E-state index contributed by atoms with van der Waals surface area (Å²) in [5.74, 6) is -1.17. The molecular weight excluding hydrogens is 368 g/mol. The molecule has 2 fully saturated rings. The molecule has 0 spiro atoms. The van der Waals surface area contributed by atoms with Gasteiger partial charge in [0.15, 0.2) is 0 Å². The lowest BCUT2D eigenvalue weighted by Gasteiger charge is -2.36. The third kappa shape index (κ3) is 3.56. The van der Waals surface area contributed by atoms with Crippen molar-refractivity contribution in [3.05, 3.63) is 42.1 Å². The molecule has 0 N–H and O–H groups in total. The number of ether oxygens (including phenoxy) is 1. The Morgan fingerprint density at radius 1 is 1.03 bits per heavy atom. The van der Waals surface area contributed by atoms with Crippen LogP contribution in [0, 0.1) is 17.8 Å². The normalized spacial score (nSPS) is 27.1. The van der Waals surface area contributed by atoms with Crippen molar-refractivity contribution in [2.75, 3.05) is 11.4 Å². The van der Waals surface area contributed by atoms with Gasteiger partial charge < -0.3 is 4.74 Å². The number of nitrogens with zero attached hydrogens (tertiary/aromatic N) is 2. The molecule has 3 atom stereocenters. The van der Waals surface area contributed by atoms with Crippen LogP contribution < -0.4 is 4.90 Å². The Morgan fingerprint density at radius 2 is 1.76 bits per heavy atom. The second kappa shape index (κ2) is 7.32. The van der Waals surface area contributed by atoms with Gasteiger partial charge in [-0.25, -0.2) is 4.79 Å². The van der Waals surface area contributed by atoms with Crippen LogP contribution in [0.3, 0.4) is 0 Å². The number of allylic oxidation sites excluding steroid dienone is 2. The molecule has 4 rings (SSSR count). The van der Waals surface area contributed by atoms with Gasteiger partial charge in [-0.2, -0.15) is 0 Å². The molecule has 29 heavy (non-hydrogen) atoms. The van der Waals surface area contributed by atoms with Crippen LogP contribution in [0.2, 0.25) is 0 Å². The fraction of sp³-hybridized carbons (Fsp3) is 0.522. The van der Waals surface area contributed by atoms with Crippen molar-refractivity contribution >= 4 is 23.6 Å². The average molecular weight is 396 g/mol. The minimum absolute atomic E-state index is 0.130. The largest absolute Gasteiger partial charge is 0.443 e. The number of para-hydroxylation sites is 1. The number of hydrogen-bond acceptors (Lipinski definition) is 4. The minimum Gasteiger partial charge on any atom is -0.443 e. The van der Waals surface area contributed by atoms with E-state index in [-0.39, 0.29) is 29.7 Å². The van der Waals surface area contributed by atoms with Crippen LogP contribution in [-0.2, 0) is 14.3 Å². The molecule has 3 aliphatic rings. The van der Waals surface area contributed by atoms with Crippen molar-refractivity contribution in [2.24, 2.45) is 17.8 Å². The predicted octanol–water partition coefficient (Wildman–Crippen LogP) is 4.12. The maximum atomic E-state index is 13.4. The topological polar surface area (TPSA) is 66.9 Å². The zero-order chi connectivity index (χ0) is 20.8. The monoisotopic (exact) mass is 396 g/mol. The van der Waals surface area contributed by atoms with Crippen LogP contribution >= 0.6 is 0 Å². The summed E-state index contributed by atoms with van der Waals surface area (Å²) in [6, 6.07) is 9.11. The highest BCUT2D eigenvalue weighted by atomic mass is 16.6. The standard InChI is InChI=1S/C23H28N2O4/c1-23(2,3)29-22(28)24-14-8-7-11-16-18(24)13-12-17-19(16)21(27)25(20(17)26)15-9-5-4-6-10-15/h4-6,9-10,13,16-17,19H,7-8,11-12,14H2,1-3H3/t16-,17-,19+/m1/s1. The lowest BCUT2D eigenvalue weighted by Crippen LogP contribution is -2.42. The first-order valence-corrected chi connectivity index (χ1v) is 10.4. The third-order valence-corrected chi connectivity index (χ3v) is 5.96. The van der Waals surface area contributed by atoms with E-state index in [1.807, 2.05) is 45.0 Å². The SMILES string of the molecule is CC(C)(C)OC(=O)N1CCCC[C@@H]2C1=CC[C@H]1C(=O)N(c3ccccc3)C(=O)[C@@H]21. The first-order chi connectivity index (χ1) is 13.8. The van der Waals surface area contributed by atoms with Crippen molar-refractivity contribution in [3.63, 3.8) is 0 Å². The summed E-state index contributed by atoms with van der Waals surface area (Å²) in [6.45, 7) is 6.13. The van der Waals surface area contributed by atoms with E-state index in [9.17, 15) is 14.4 Å². The fourth-order valence-corrected chi connectivity index (χ4v) is 4.78. The van der Waals surface area contributed by atoms with Crippen LogP contribution in [0.4, 0.5) is 10.5 Å². The maximum Gasteiger partial charge on any atom is 0.414 e. The van der Waals surface area contributed by atoms with E-state index in [0.717, 1.165) is 25.0 Å². The van der Waals surface area contributed by atoms with Crippen molar-refractivity contribution in [2.45, 2.75) is 52.1 Å². The zero-order valence-electron chi connectivity index (χ0n) is 17.3. The van der Waals surface area contributed by atoms with Gasteiger partial charge in [-0.15, -0.1) is 0 Å². The number of hydrogen-bond donors (Lipinski definition) is 0. The van der Waals surface area contributed by atoms with Crippen molar-refractivity contribution in [1.82, 2.24) is 4.90 Å². The Kier molecular flexibility index (Phi) is 4.97. The highest BCUT2D eigenvalue weighted by molar-refractivity contribution is 6.22. The maximum absolute atomic E-state index is 13.4. The Hall–Kier alpha value is -2.63. The Bertz CT molecular complexity index is 855. The number of benzene rings is 1. The van der Waals surface area contributed by atoms with Crippen molar-refractivity contribution in [3.8, 4) is 0 Å². The summed E-state index contributed by atoms with van der Waals surface area (Å²) in [5.41, 5.74) is 0.894. The van der Waals surface area contributed by atoms with Crippen LogP contribution in [0.25, 0.3) is 0 Å². The molecule has 3 amide bonds. The molecule has 1 aliphatic carbocycles. The van der Waals surface area contributed by atoms with E-state index in [0.29, 0.717) is 18.7 Å². The molecule has 2 saturated heterocycles. The van der Waals surface area contributed by atoms with Gasteiger partial charge in [0.25, 0.3) is 0 Å². The summed E-state index contributed by atoms with van der Waals surface area (Å²) in [4.78, 5) is 42.3. The van der Waals surface area contributed by atoms with E-state index >= 15 is 0 Å². The van der Waals surface area contributed by atoms with Gasteiger partial charge in [0.1, 0.15) is 5.60 Å². The van der Waals surface area contributed by atoms with Gasteiger partial charge in [-0.05, 0) is 52.2 Å². The molecule has 2 heterocycles. The molecule has 0 aromatic heterocycles. The molecule has 0 radical (unpaired) electrons. The predicted molar refractivity (Wildman–Crippen MR) is 109 cm³/mol. The second-order valence-electron chi connectivity index (χ2n) is 9.08. The molecule has 2 aliphatic heterocycles. The van der Waals surface area contributed by atoms with Gasteiger partial charge in [-0.3, -0.25) is 19.4 Å². The van der Waals surface area contributed by atoms with Gasteiger partial charge in [0.2, 0.25) is 11.8 Å². The first kappa shape index (κ1) is 19.7. The van der Waals surface area contributed by atoms with Crippen LogP contribution in [0.15, 0.2) is 42.1 Å². The third-order valence-electron chi connectivity index (χ3n) is 5.96. The number of anilines is 1. The molecule has 0 bridgehead atoms. The van der Waals surface area contributed by atoms with Crippen molar-refractivity contribution in [1.29, 1.82) is 0 Å². The van der Waals surface area contributed by atoms with E-state index < -0.39 is 11.5 Å². The molecular formula is C23H28N2O4. The molecule has 6 nitrogen and oxygen atoms in total.